The Morgan fingerprint density at radius 3 is 2.40 bits per heavy atom. The Labute approximate surface area is 118 Å². The van der Waals surface area contributed by atoms with Crippen LogP contribution in [0.15, 0.2) is 30.3 Å². The van der Waals surface area contributed by atoms with Gasteiger partial charge in [-0.15, -0.1) is 0 Å². The molecule has 0 heterocycles. The van der Waals surface area contributed by atoms with E-state index in [1.807, 2.05) is 30.3 Å². The minimum absolute atomic E-state index is 0.0894. The van der Waals surface area contributed by atoms with Gasteiger partial charge in [0.05, 0.1) is 11.8 Å². The Morgan fingerprint density at radius 1 is 1.10 bits per heavy atom. The van der Waals surface area contributed by atoms with Crippen LogP contribution >= 0.6 is 0 Å². The molecule has 1 aromatic carbocycles. The SMILES string of the molecule is O=C(O)[C@@H]1[C@H]2CC[C@@H](C2)[C@@H]1C(=O)NCc1ccccc1. The lowest BCUT2D eigenvalue weighted by Crippen LogP contribution is -2.41. The molecule has 2 aliphatic rings. The normalized spacial score (nSPS) is 31.2. The second kappa shape index (κ2) is 5.27. The van der Waals surface area contributed by atoms with Crippen LogP contribution in [0.2, 0.25) is 0 Å². The maximum absolute atomic E-state index is 12.3. The van der Waals surface area contributed by atoms with Crippen LogP contribution in [0.1, 0.15) is 24.8 Å². The van der Waals surface area contributed by atoms with Crippen molar-refractivity contribution >= 4 is 11.9 Å². The van der Waals surface area contributed by atoms with Crippen molar-refractivity contribution in [3.05, 3.63) is 35.9 Å². The second-order valence-corrected chi connectivity index (χ2v) is 5.93. The molecule has 1 amide bonds. The molecule has 2 aliphatic carbocycles. The molecule has 4 atom stereocenters. The molecule has 2 N–H and O–H groups in total. The van der Waals surface area contributed by atoms with Crippen LogP contribution in [0.25, 0.3) is 0 Å². The van der Waals surface area contributed by atoms with E-state index in [0.717, 1.165) is 24.8 Å². The Morgan fingerprint density at radius 2 is 1.75 bits per heavy atom. The maximum atomic E-state index is 12.3. The number of benzene rings is 1. The fourth-order valence-electron chi connectivity index (χ4n) is 3.93. The van der Waals surface area contributed by atoms with E-state index in [4.69, 9.17) is 0 Å². The van der Waals surface area contributed by atoms with Crippen molar-refractivity contribution in [1.29, 1.82) is 0 Å². The summed E-state index contributed by atoms with van der Waals surface area (Å²) in [6.07, 6.45) is 2.86. The number of nitrogens with one attached hydrogen (secondary N) is 1. The first-order chi connectivity index (χ1) is 9.66. The fourth-order valence-corrected chi connectivity index (χ4v) is 3.93. The molecule has 0 spiro atoms. The van der Waals surface area contributed by atoms with E-state index in [9.17, 15) is 14.7 Å². The lowest BCUT2D eigenvalue weighted by Gasteiger charge is -2.27. The zero-order valence-electron chi connectivity index (χ0n) is 11.3. The Balaban J connectivity index is 1.66. The van der Waals surface area contributed by atoms with Crippen LogP contribution < -0.4 is 5.32 Å². The van der Waals surface area contributed by atoms with Gasteiger partial charge in [0.15, 0.2) is 0 Å². The summed E-state index contributed by atoms with van der Waals surface area (Å²) in [4.78, 5) is 23.7. The molecule has 0 saturated heterocycles. The zero-order chi connectivity index (χ0) is 14.1. The molecule has 4 nitrogen and oxygen atoms in total. The number of hydrogen-bond acceptors (Lipinski definition) is 2. The smallest absolute Gasteiger partial charge is 0.307 e. The number of carbonyl (C=O) groups excluding carboxylic acids is 1. The maximum Gasteiger partial charge on any atom is 0.307 e. The molecule has 2 bridgehead atoms. The van der Waals surface area contributed by atoms with Gasteiger partial charge in [0.1, 0.15) is 0 Å². The summed E-state index contributed by atoms with van der Waals surface area (Å²) in [5, 5.41) is 12.3. The summed E-state index contributed by atoms with van der Waals surface area (Å²) < 4.78 is 0. The molecular formula is C16H19NO3. The summed E-state index contributed by atoms with van der Waals surface area (Å²) >= 11 is 0. The third-order valence-electron chi connectivity index (χ3n) is 4.81. The summed E-state index contributed by atoms with van der Waals surface area (Å²) in [5.41, 5.74) is 1.04. The highest BCUT2D eigenvalue weighted by Crippen LogP contribution is 2.52. The van der Waals surface area contributed by atoms with Crippen molar-refractivity contribution < 1.29 is 14.7 Å². The van der Waals surface area contributed by atoms with Crippen molar-refractivity contribution in [3.8, 4) is 0 Å². The van der Waals surface area contributed by atoms with Crippen LogP contribution in [-0.4, -0.2) is 17.0 Å². The molecule has 1 aromatic rings. The van der Waals surface area contributed by atoms with E-state index < -0.39 is 11.9 Å². The van der Waals surface area contributed by atoms with E-state index in [-0.39, 0.29) is 23.7 Å². The van der Waals surface area contributed by atoms with E-state index in [1.54, 1.807) is 0 Å². The zero-order valence-corrected chi connectivity index (χ0v) is 11.3. The number of aliphatic carboxylic acids is 1. The van der Waals surface area contributed by atoms with Crippen molar-refractivity contribution in [2.24, 2.45) is 23.7 Å². The van der Waals surface area contributed by atoms with Gasteiger partial charge in [-0.05, 0) is 36.7 Å². The summed E-state index contributed by atoms with van der Waals surface area (Å²) in [5.74, 6) is -1.26. The molecule has 0 unspecified atom stereocenters. The Kier molecular flexibility index (Phi) is 3.47. The quantitative estimate of drug-likeness (QED) is 0.882. The van der Waals surface area contributed by atoms with Crippen LogP contribution in [0.5, 0.6) is 0 Å². The predicted octanol–water partition coefficient (Wildman–Crippen LogP) is 2.05. The minimum atomic E-state index is -0.808. The van der Waals surface area contributed by atoms with Crippen LogP contribution in [0.4, 0.5) is 0 Å². The van der Waals surface area contributed by atoms with Crippen LogP contribution in [0, 0.1) is 23.7 Å². The minimum Gasteiger partial charge on any atom is -0.481 e. The second-order valence-electron chi connectivity index (χ2n) is 5.93. The average Bonchev–Trinajstić information content (AvgIpc) is 3.06. The first-order valence-electron chi connectivity index (χ1n) is 7.21. The van der Waals surface area contributed by atoms with Gasteiger partial charge >= 0.3 is 5.97 Å². The van der Waals surface area contributed by atoms with E-state index in [1.165, 1.54) is 0 Å². The molecule has 106 valence electrons. The molecule has 4 heteroatoms. The third kappa shape index (κ3) is 2.30. The molecule has 20 heavy (non-hydrogen) atoms. The number of fused-ring (bicyclic) bond motifs is 2. The molecule has 2 fully saturated rings. The van der Waals surface area contributed by atoms with Crippen molar-refractivity contribution in [2.75, 3.05) is 0 Å². The highest BCUT2D eigenvalue weighted by atomic mass is 16.4. The monoisotopic (exact) mass is 273 g/mol. The van der Waals surface area contributed by atoms with Crippen LogP contribution in [0.3, 0.4) is 0 Å². The molecular weight excluding hydrogens is 254 g/mol. The Hall–Kier alpha value is -1.84. The standard InChI is InChI=1S/C16H19NO3/c18-15(17-9-10-4-2-1-3-5-10)13-11-6-7-12(8-11)14(13)16(19)20/h1-5,11-14H,6-9H2,(H,17,18)(H,19,20)/t11-,12-,13-,14+/m0/s1. The number of carbonyl (C=O) groups is 2. The highest BCUT2D eigenvalue weighted by molar-refractivity contribution is 5.86. The molecule has 3 rings (SSSR count). The van der Waals surface area contributed by atoms with E-state index >= 15 is 0 Å². The largest absolute Gasteiger partial charge is 0.481 e. The van der Waals surface area contributed by atoms with Crippen molar-refractivity contribution in [2.45, 2.75) is 25.8 Å². The number of rotatable bonds is 4. The van der Waals surface area contributed by atoms with Gasteiger partial charge in [0.2, 0.25) is 5.91 Å². The number of carboxylic acids is 1. The predicted molar refractivity (Wildman–Crippen MR) is 73.7 cm³/mol. The number of hydrogen-bond donors (Lipinski definition) is 2. The Bertz CT molecular complexity index is 514. The van der Waals surface area contributed by atoms with E-state index in [0.29, 0.717) is 6.54 Å². The lowest BCUT2D eigenvalue weighted by molar-refractivity contribution is -0.149. The molecule has 0 aromatic heterocycles. The third-order valence-corrected chi connectivity index (χ3v) is 4.81. The number of carboxylic acid groups (broad SMARTS) is 1. The first kappa shape index (κ1) is 13.2. The summed E-state index contributed by atoms with van der Waals surface area (Å²) in [6, 6.07) is 9.70. The first-order valence-corrected chi connectivity index (χ1v) is 7.21. The molecule has 0 radical (unpaired) electrons. The van der Waals surface area contributed by atoms with Gasteiger partial charge in [-0.25, -0.2) is 0 Å². The van der Waals surface area contributed by atoms with Gasteiger partial charge in [-0.1, -0.05) is 30.3 Å². The molecule has 2 saturated carbocycles. The molecule has 0 aliphatic heterocycles. The van der Waals surface area contributed by atoms with Gasteiger partial charge in [0.25, 0.3) is 0 Å². The number of amides is 1. The average molecular weight is 273 g/mol. The van der Waals surface area contributed by atoms with Crippen molar-refractivity contribution in [3.63, 3.8) is 0 Å². The van der Waals surface area contributed by atoms with Crippen molar-refractivity contribution in [1.82, 2.24) is 5.32 Å². The fraction of sp³-hybridized carbons (Fsp3) is 0.500. The summed E-state index contributed by atoms with van der Waals surface area (Å²) in [7, 11) is 0. The van der Waals surface area contributed by atoms with Gasteiger partial charge < -0.3 is 10.4 Å². The van der Waals surface area contributed by atoms with E-state index in [2.05, 4.69) is 5.32 Å². The highest BCUT2D eigenvalue weighted by Gasteiger charge is 2.53. The topological polar surface area (TPSA) is 66.4 Å². The summed E-state index contributed by atoms with van der Waals surface area (Å²) in [6.45, 7) is 0.472. The van der Waals surface area contributed by atoms with Gasteiger partial charge in [-0.3, -0.25) is 9.59 Å². The van der Waals surface area contributed by atoms with Crippen LogP contribution in [-0.2, 0) is 16.1 Å². The van der Waals surface area contributed by atoms with Gasteiger partial charge in [0, 0.05) is 6.54 Å². The lowest BCUT2D eigenvalue weighted by atomic mass is 9.78. The van der Waals surface area contributed by atoms with Gasteiger partial charge in [-0.2, -0.15) is 0 Å².